The quantitative estimate of drug-likeness (QED) is 0.479. The molecule has 7 heteroatoms. The molecule has 0 bridgehead atoms. The largest absolute Gasteiger partial charge is 0.357 e. The molecule has 0 amide bonds. The van der Waals surface area contributed by atoms with Crippen LogP contribution in [0.2, 0.25) is 0 Å². The summed E-state index contributed by atoms with van der Waals surface area (Å²) in [7, 11) is 0. The van der Waals surface area contributed by atoms with Crippen molar-refractivity contribution in [3.8, 4) is 0 Å². The van der Waals surface area contributed by atoms with Gasteiger partial charge in [-0.25, -0.2) is 8.78 Å². The molecule has 0 radical (unpaired) electrons. The number of anilines is 1. The van der Waals surface area contributed by atoms with Crippen LogP contribution in [0, 0.1) is 10.1 Å². The molecule has 0 aliphatic carbocycles. The molecule has 1 aliphatic heterocycles. The summed E-state index contributed by atoms with van der Waals surface area (Å²) >= 11 is 0. The summed E-state index contributed by atoms with van der Waals surface area (Å²) in [4.78, 5) is 22.9. The van der Waals surface area contributed by atoms with Gasteiger partial charge in [0.25, 0.3) is 12.1 Å². The van der Waals surface area contributed by atoms with Crippen molar-refractivity contribution < 1.29 is 18.5 Å². The van der Waals surface area contributed by atoms with Crippen LogP contribution in [0.15, 0.2) is 18.2 Å². The zero-order valence-corrected chi connectivity index (χ0v) is 10.2. The van der Waals surface area contributed by atoms with Gasteiger partial charge in [-0.1, -0.05) is 0 Å². The standard InChI is InChI=1S/C12H12F2N2O3/c1-7(17)8-2-3-9(11(6-8)16(18)19)15-5-4-10(15)12(13)14/h2-3,6,10,12H,4-5H2,1H3. The lowest BCUT2D eigenvalue weighted by molar-refractivity contribution is -0.384. The lowest BCUT2D eigenvalue weighted by Crippen LogP contribution is -2.52. The fourth-order valence-corrected chi connectivity index (χ4v) is 2.10. The Bertz CT molecular complexity index is 534. The highest BCUT2D eigenvalue weighted by molar-refractivity contribution is 5.95. The van der Waals surface area contributed by atoms with Crippen molar-refractivity contribution in [1.82, 2.24) is 0 Å². The van der Waals surface area contributed by atoms with Crippen molar-refractivity contribution in [3.05, 3.63) is 33.9 Å². The summed E-state index contributed by atoms with van der Waals surface area (Å²) in [5.74, 6) is -0.302. The number of benzene rings is 1. The summed E-state index contributed by atoms with van der Waals surface area (Å²) in [5.41, 5.74) is 0.0363. The van der Waals surface area contributed by atoms with Crippen LogP contribution in [0.25, 0.3) is 0 Å². The normalized spacial score (nSPS) is 18.3. The van der Waals surface area contributed by atoms with Crippen LogP contribution >= 0.6 is 0 Å². The van der Waals surface area contributed by atoms with Gasteiger partial charge in [0, 0.05) is 18.2 Å². The van der Waals surface area contributed by atoms with Gasteiger partial charge in [-0.3, -0.25) is 14.9 Å². The number of carbonyl (C=O) groups is 1. The van der Waals surface area contributed by atoms with Crippen LogP contribution in [-0.4, -0.2) is 29.7 Å². The predicted molar refractivity (Wildman–Crippen MR) is 64.9 cm³/mol. The molecular weight excluding hydrogens is 258 g/mol. The van der Waals surface area contributed by atoms with Crippen molar-refractivity contribution in [3.63, 3.8) is 0 Å². The number of rotatable bonds is 4. The van der Waals surface area contributed by atoms with Crippen LogP contribution in [0.1, 0.15) is 23.7 Å². The third kappa shape index (κ3) is 2.40. The lowest BCUT2D eigenvalue weighted by atomic mass is 10.0. The smallest absolute Gasteiger partial charge is 0.293 e. The Labute approximate surface area is 108 Å². The van der Waals surface area contributed by atoms with Crippen LogP contribution in [-0.2, 0) is 0 Å². The first-order valence-corrected chi connectivity index (χ1v) is 5.76. The Morgan fingerprint density at radius 2 is 2.21 bits per heavy atom. The van der Waals surface area contributed by atoms with E-state index < -0.39 is 17.4 Å². The first-order chi connectivity index (χ1) is 8.91. The molecule has 1 aliphatic rings. The van der Waals surface area contributed by atoms with Gasteiger partial charge in [0.05, 0.1) is 11.0 Å². The summed E-state index contributed by atoms with van der Waals surface area (Å²) in [5, 5.41) is 11.0. The summed E-state index contributed by atoms with van der Waals surface area (Å²) < 4.78 is 25.4. The number of hydrogen-bond acceptors (Lipinski definition) is 4. The van der Waals surface area contributed by atoms with E-state index in [2.05, 4.69) is 0 Å². The summed E-state index contributed by atoms with van der Waals surface area (Å²) in [6.07, 6.45) is -2.23. The highest BCUT2D eigenvalue weighted by Crippen LogP contribution is 2.37. The van der Waals surface area contributed by atoms with Gasteiger partial charge >= 0.3 is 0 Å². The zero-order chi connectivity index (χ0) is 14.2. The van der Waals surface area contributed by atoms with Crippen molar-refractivity contribution in [2.45, 2.75) is 25.8 Å². The van der Waals surface area contributed by atoms with Crippen molar-refractivity contribution in [2.75, 3.05) is 11.4 Å². The second-order valence-electron chi connectivity index (χ2n) is 4.40. The second-order valence-corrected chi connectivity index (χ2v) is 4.40. The molecule has 0 aromatic heterocycles. The highest BCUT2D eigenvalue weighted by atomic mass is 19.3. The number of nitrogens with zero attached hydrogens (tertiary/aromatic N) is 2. The maximum atomic E-state index is 12.7. The van der Waals surface area contributed by atoms with Gasteiger partial charge in [0.2, 0.25) is 0 Å². The molecule has 1 fully saturated rings. The van der Waals surface area contributed by atoms with Gasteiger partial charge in [0.15, 0.2) is 5.78 Å². The van der Waals surface area contributed by atoms with Gasteiger partial charge in [-0.15, -0.1) is 0 Å². The van der Waals surface area contributed by atoms with E-state index in [1.54, 1.807) is 0 Å². The Morgan fingerprint density at radius 3 is 2.63 bits per heavy atom. The minimum absolute atomic E-state index is 0.145. The molecule has 1 unspecified atom stereocenters. The maximum Gasteiger partial charge on any atom is 0.293 e. The SMILES string of the molecule is CC(=O)c1ccc(N2CCC2C(F)F)c([N+](=O)[O-])c1. The number of alkyl halides is 2. The van der Waals surface area contributed by atoms with E-state index in [1.807, 2.05) is 0 Å². The second kappa shape index (κ2) is 4.91. The van der Waals surface area contributed by atoms with Gasteiger partial charge < -0.3 is 4.90 Å². The number of ketones is 1. The zero-order valence-electron chi connectivity index (χ0n) is 10.2. The molecular formula is C12H12F2N2O3. The van der Waals surface area contributed by atoms with E-state index in [0.717, 1.165) is 6.07 Å². The van der Waals surface area contributed by atoms with E-state index in [4.69, 9.17) is 0 Å². The molecule has 1 heterocycles. The van der Waals surface area contributed by atoms with Crippen LogP contribution < -0.4 is 4.90 Å². The first kappa shape index (κ1) is 13.4. The molecule has 1 atom stereocenters. The lowest BCUT2D eigenvalue weighted by Gasteiger charge is -2.41. The van der Waals surface area contributed by atoms with Crippen LogP contribution in [0.4, 0.5) is 20.2 Å². The van der Waals surface area contributed by atoms with Crippen molar-refractivity contribution in [2.24, 2.45) is 0 Å². The van der Waals surface area contributed by atoms with Crippen LogP contribution in [0.5, 0.6) is 0 Å². The molecule has 5 nitrogen and oxygen atoms in total. The van der Waals surface area contributed by atoms with E-state index in [0.29, 0.717) is 13.0 Å². The average Bonchev–Trinajstić information content (AvgIpc) is 2.26. The number of carbonyl (C=O) groups excluding carboxylic acids is 1. The average molecular weight is 270 g/mol. The van der Waals surface area contributed by atoms with Crippen LogP contribution in [0.3, 0.4) is 0 Å². The molecule has 1 aromatic carbocycles. The summed E-state index contributed by atoms with van der Waals surface area (Å²) in [6.45, 7) is 1.65. The molecule has 19 heavy (non-hydrogen) atoms. The minimum atomic E-state index is -2.54. The Hall–Kier alpha value is -2.05. The molecule has 102 valence electrons. The first-order valence-electron chi connectivity index (χ1n) is 5.76. The fourth-order valence-electron chi connectivity index (χ4n) is 2.10. The van der Waals surface area contributed by atoms with Gasteiger partial charge in [-0.2, -0.15) is 0 Å². The van der Waals surface area contributed by atoms with Gasteiger partial charge in [0.1, 0.15) is 5.69 Å². The number of hydrogen-bond donors (Lipinski definition) is 0. The number of nitro groups is 1. The Morgan fingerprint density at radius 1 is 1.53 bits per heavy atom. The van der Waals surface area contributed by atoms with E-state index in [-0.39, 0.29) is 22.7 Å². The van der Waals surface area contributed by atoms with Gasteiger partial charge in [-0.05, 0) is 25.5 Å². The van der Waals surface area contributed by atoms with E-state index in [9.17, 15) is 23.7 Å². The Kier molecular flexibility index (Phi) is 3.46. The predicted octanol–water partition coefficient (Wildman–Crippen LogP) is 2.64. The molecule has 1 saturated heterocycles. The van der Waals surface area contributed by atoms with E-state index in [1.165, 1.54) is 24.0 Å². The van der Waals surface area contributed by atoms with E-state index >= 15 is 0 Å². The third-order valence-electron chi connectivity index (χ3n) is 3.25. The molecule has 0 spiro atoms. The maximum absolute atomic E-state index is 12.7. The summed E-state index contributed by atoms with van der Waals surface area (Å²) in [6, 6.07) is 2.94. The third-order valence-corrected chi connectivity index (χ3v) is 3.25. The monoisotopic (exact) mass is 270 g/mol. The number of nitro benzene ring substituents is 1. The highest BCUT2D eigenvalue weighted by Gasteiger charge is 2.38. The number of Topliss-reactive ketones (excluding diaryl/α,β-unsaturated/α-hetero) is 1. The molecule has 1 aromatic rings. The fraction of sp³-hybridized carbons (Fsp3) is 0.417. The number of halogens is 2. The molecule has 0 saturated carbocycles. The van der Waals surface area contributed by atoms with Crippen molar-refractivity contribution >= 4 is 17.2 Å². The topological polar surface area (TPSA) is 63.5 Å². The molecule has 0 N–H and O–H groups in total. The minimum Gasteiger partial charge on any atom is -0.357 e. The molecule has 2 rings (SSSR count). The van der Waals surface area contributed by atoms with Crippen molar-refractivity contribution in [1.29, 1.82) is 0 Å². The Balaban J connectivity index is 2.40.